The van der Waals surface area contributed by atoms with Crippen LogP contribution >= 0.6 is 0 Å². The summed E-state index contributed by atoms with van der Waals surface area (Å²) in [4.78, 5) is 17.6. The molecule has 1 amide bonds. The molecule has 0 bridgehead atoms. The zero-order valence-electron chi connectivity index (χ0n) is 15.0. The van der Waals surface area contributed by atoms with Gasteiger partial charge in [-0.1, -0.05) is 39.3 Å². The number of carbonyl (C=O) groups excluding carboxylic acids is 1. The van der Waals surface area contributed by atoms with Gasteiger partial charge in [-0.3, -0.25) is 4.79 Å². The SMILES string of the molecule is CC[C@@H]1CN(C(=O)C(C)C)CC[C@H]1NCc1cccc2[nH]ccc12. The predicted octanol–water partition coefficient (Wildman–Crippen LogP) is 3.54. The molecule has 0 aliphatic carbocycles. The molecule has 1 aliphatic rings. The van der Waals surface area contributed by atoms with Crippen LogP contribution in [0.15, 0.2) is 30.5 Å². The van der Waals surface area contributed by atoms with Gasteiger partial charge in [-0.05, 0) is 30.0 Å². The smallest absolute Gasteiger partial charge is 0.225 e. The van der Waals surface area contributed by atoms with Crippen LogP contribution in [0.2, 0.25) is 0 Å². The standard InChI is InChI=1S/C20H29N3O/c1-4-15-13-23(20(24)14(2)3)11-9-18(15)22-12-16-6-5-7-19-17(16)8-10-21-19/h5-8,10,14-15,18,21-22H,4,9,11-13H2,1-3H3/t15-,18-/m1/s1. The molecule has 1 aromatic carbocycles. The second-order valence-electron chi connectivity index (χ2n) is 7.24. The molecule has 1 fully saturated rings. The molecule has 2 aromatic rings. The van der Waals surface area contributed by atoms with Gasteiger partial charge in [-0.15, -0.1) is 0 Å². The molecule has 0 spiro atoms. The number of carbonyl (C=O) groups is 1. The van der Waals surface area contributed by atoms with E-state index in [1.165, 1.54) is 16.5 Å². The maximum Gasteiger partial charge on any atom is 0.225 e. The molecule has 2 atom stereocenters. The Balaban J connectivity index is 1.63. The molecule has 0 saturated carbocycles. The van der Waals surface area contributed by atoms with Crippen LogP contribution in [0.1, 0.15) is 39.2 Å². The van der Waals surface area contributed by atoms with Crippen molar-refractivity contribution in [1.82, 2.24) is 15.2 Å². The normalized spacial score (nSPS) is 21.6. The third-order valence-corrected chi connectivity index (χ3v) is 5.30. The van der Waals surface area contributed by atoms with Crippen molar-refractivity contribution in [3.8, 4) is 0 Å². The molecule has 3 rings (SSSR count). The average molecular weight is 327 g/mol. The predicted molar refractivity (Wildman–Crippen MR) is 98.7 cm³/mol. The number of likely N-dealkylation sites (tertiary alicyclic amines) is 1. The molecular weight excluding hydrogens is 298 g/mol. The monoisotopic (exact) mass is 327 g/mol. The van der Waals surface area contributed by atoms with Gasteiger partial charge in [0.05, 0.1) is 0 Å². The van der Waals surface area contributed by atoms with E-state index in [0.717, 1.165) is 32.5 Å². The molecule has 1 aromatic heterocycles. The van der Waals surface area contributed by atoms with Gasteiger partial charge in [-0.25, -0.2) is 0 Å². The Bertz CT molecular complexity index is 691. The number of nitrogens with one attached hydrogen (secondary N) is 2. The van der Waals surface area contributed by atoms with Crippen molar-refractivity contribution < 1.29 is 4.79 Å². The van der Waals surface area contributed by atoms with Crippen molar-refractivity contribution in [2.24, 2.45) is 11.8 Å². The molecule has 130 valence electrons. The van der Waals surface area contributed by atoms with E-state index >= 15 is 0 Å². The highest BCUT2D eigenvalue weighted by Gasteiger charge is 2.30. The van der Waals surface area contributed by atoms with Crippen molar-refractivity contribution in [1.29, 1.82) is 0 Å². The minimum absolute atomic E-state index is 0.0956. The number of hydrogen-bond donors (Lipinski definition) is 2. The van der Waals surface area contributed by atoms with Gasteiger partial charge in [0.2, 0.25) is 5.91 Å². The Labute approximate surface area is 144 Å². The summed E-state index contributed by atoms with van der Waals surface area (Å²) in [6.07, 6.45) is 4.15. The molecule has 24 heavy (non-hydrogen) atoms. The Morgan fingerprint density at radius 2 is 2.21 bits per heavy atom. The van der Waals surface area contributed by atoms with Gasteiger partial charge in [0.15, 0.2) is 0 Å². The van der Waals surface area contributed by atoms with E-state index in [1.54, 1.807) is 0 Å². The highest BCUT2D eigenvalue weighted by Crippen LogP contribution is 2.23. The van der Waals surface area contributed by atoms with E-state index in [1.807, 2.05) is 20.0 Å². The van der Waals surface area contributed by atoms with Crippen LogP contribution in [0.5, 0.6) is 0 Å². The molecule has 1 saturated heterocycles. The molecule has 0 radical (unpaired) electrons. The average Bonchev–Trinajstić information content (AvgIpc) is 3.08. The first kappa shape index (κ1) is 17.0. The van der Waals surface area contributed by atoms with Crippen LogP contribution in [0.25, 0.3) is 10.9 Å². The maximum atomic E-state index is 12.3. The number of aromatic nitrogens is 1. The van der Waals surface area contributed by atoms with Gasteiger partial charge in [0.1, 0.15) is 0 Å². The maximum absolute atomic E-state index is 12.3. The number of fused-ring (bicyclic) bond motifs is 1. The summed E-state index contributed by atoms with van der Waals surface area (Å²) in [5.41, 5.74) is 2.53. The molecule has 4 heteroatoms. The van der Waals surface area contributed by atoms with Crippen molar-refractivity contribution in [2.45, 2.75) is 46.2 Å². The van der Waals surface area contributed by atoms with Gasteiger partial charge in [-0.2, -0.15) is 0 Å². The zero-order valence-corrected chi connectivity index (χ0v) is 15.0. The molecule has 4 nitrogen and oxygen atoms in total. The minimum atomic E-state index is 0.0956. The number of hydrogen-bond acceptors (Lipinski definition) is 2. The number of piperidine rings is 1. The van der Waals surface area contributed by atoms with Crippen LogP contribution in [-0.4, -0.2) is 34.9 Å². The van der Waals surface area contributed by atoms with Gasteiger partial charge < -0.3 is 15.2 Å². The van der Waals surface area contributed by atoms with Gasteiger partial charge in [0.25, 0.3) is 0 Å². The molecule has 0 unspecified atom stereocenters. The lowest BCUT2D eigenvalue weighted by atomic mass is 9.89. The highest BCUT2D eigenvalue weighted by atomic mass is 16.2. The molecule has 2 N–H and O–H groups in total. The van der Waals surface area contributed by atoms with E-state index in [2.05, 4.69) is 46.4 Å². The quantitative estimate of drug-likeness (QED) is 0.882. The van der Waals surface area contributed by atoms with E-state index < -0.39 is 0 Å². The van der Waals surface area contributed by atoms with Crippen LogP contribution < -0.4 is 5.32 Å². The van der Waals surface area contributed by atoms with Gasteiger partial charge >= 0.3 is 0 Å². The second-order valence-corrected chi connectivity index (χ2v) is 7.24. The summed E-state index contributed by atoms with van der Waals surface area (Å²) in [7, 11) is 0. The topological polar surface area (TPSA) is 48.1 Å². The Kier molecular flexibility index (Phi) is 5.24. The fourth-order valence-corrected chi connectivity index (χ4v) is 3.83. The number of aromatic amines is 1. The van der Waals surface area contributed by atoms with Crippen molar-refractivity contribution in [3.05, 3.63) is 36.0 Å². The second kappa shape index (κ2) is 7.39. The summed E-state index contributed by atoms with van der Waals surface area (Å²) in [6.45, 7) is 8.86. The van der Waals surface area contributed by atoms with E-state index in [-0.39, 0.29) is 5.92 Å². The zero-order chi connectivity index (χ0) is 17.1. The number of rotatable bonds is 5. The molecular formula is C20H29N3O. The van der Waals surface area contributed by atoms with Crippen LogP contribution in [0.4, 0.5) is 0 Å². The van der Waals surface area contributed by atoms with Gasteiger partial charge in [0, 0.05) is 48.7 Å². The Hall–Kier alpha value is -1.81. The van der Waals surface area contributed by atoms with E-state index in [0.29, 0.717) is 17.9 Å². The van der Waals surface area contributed by atoms with Crippen LogP contribution in [-0.2, 0) is 11.3 Å². The van der Waals surface area contributed by atoms with Crippen molar-refractivity contribution in [2.75, 3.05) is 13.1 Å². The molecule has 2 heterocycles. The number of H-pyrrole nitrogens is 1. The fraction of sp³-hybridized carbons (Fsp3) is 0.550. The van der Waals surface area contributed by atoms with Crippen LogP contribution in [0, 0.1) is 11.8 Å². The third-order valence-electron chi connectivity index (χ3n) is 5.30. The molecule has 1 aliphatic heterocycles. The van der Waals surface area contributed by atoms with Crippen LogP contribution in [0.3, 0.4) is 0 Å². The summed E-state index contributed by atoms with van der Waals surface area (Å²) >= 11 is 0. The number of nitrogens with zero attached hydrogens (tertiary/aromatic N) is 1. The minimum Gasteiger partial charge on any atom is -0.361 e. The first-order valence-corrected chi connectivity index (χ1v) is 9.17. The Morgan fingerprint density at radius 3 is 2.96 bits per heavy atom. The third kappa shape index (κ3) is 3.48. The summed E-state index contributed by atoms with van der Waals surface area (Å²) in [5.74, 6) is 0.925. The number of amides is 1. The largest absolute Gasteiger partial charge is 0.361 e. The first-order valence-electron chi connectivity index (χ1n) is 9.17. The summed E-state index contributed by atoms with van der Waals surface area (Å²) < 4.78 is 0. The highest BCUT2D eigenvalue weighted by molar-refractivity contribution is 5.82. The lowest BCUT2D eigenvalue weighted by molar-refractivity contribution is -0.136. The van der Waals surface area contributed by atoms with Crippen molar-refractivity contribution in [3.63, 3.8) is 0 Å². The fourth-order valence-electron chi connectivity index (χ4n) is 3.83. The lowest BCUT2D eigenvalue weighted by Gasteiger charge is -2.39. The summed E-state index contributed by atoms with van der Waals surface area (Å²) in [6, 6.07) is 9.05. The number of benzene rings is 1. The van der Waals surface area contributed by atoms with E-state index in [9.17, 15) is 4.79 Å². The van der Waals surface area contributed by atoms with E-state index in [4.69, 9.17) is 0 Å². The first-order chi connectivity index (χ1) is 11.6. The Morgan fingerprint density at radius 1 is 1.38 bits per heavy atom. The van der Waals surface area contributed by atoms with Crippen molar-refractivity contribution >= 4 is 16.8 Å². The lowest BCUT2D eigenvalue weighted by Crippen LogP contribution is -2.51. The summed E-state index contributed by atoms with van der Waals surface area (Å²) in [5, 5.41) is 5.05.